The van der Waals surface area contributed by atoms with Gasteiger partial charge in [-0.3, -0.25) is 4.79 Å². The Labute approximate surface area is 128 Å². The lowest BCUT2D eigenvalue weighted by Gasteiger charge is -2.03. The second-order valence-electron chi connectivity index (χ2n) is 4.51. The Hall–Kier alpha value is -2.14. The first-order chi connectivity index (χ1) is 10.1. The predicted molar refractivity (Wildman–Crippen MR) is 79.7 cm³/mol. The number of hydrogen-bond donors (Lipinski definition) is 0. The quantitative estimate of drug-likeness (QED) is 0.517. The summed E-state index contributed by atoms with van der Waals surface area (Å²) in [7, 11) is 0. The molecule has 21 heavy (non-hydrogen) atoms. The van der Waals surface area contributed by atoms with Crippen LogP contribution in [0, 0.1) is 5.82 Å². The van der Waals surface area contributed by atoms with E-state index >= 15 is 0 Å². The summed E-state index contributed by atoms with van der Waals surface area (Å²) in [6.45, 7) is 0. The van der Waals surface area contributed by atoms with Crippen LogP contribution in [0.4, 0.5) is 4.39 Å². The zero-order chi connectivity index (χ0) is 14.8. The second-order valence-corrected chi connectivity index (χ2v) is 5.42. The summed E-state index contributed by atoms with van der Waals surface area (Å²) in [5.74, 6) is -0.335. The van der Waals surface area contributed by atoms with Gasteiger partial charge in [0.15, 0.2) is 0 Å². The molecule has 3 aromatic rings. The Balaban J connectivity index is 1.77. The van der Waals surface area contributed by atoms with Gasteiger partial charge in [0.2, 0.25) is 0 Å². The molecular formula is C16H10BrFO3. The molecule has 0 N–H and O–H groups in total. The van der Waals surface area contributed by atoms with Gasteiger partial charge in [0.1, 0.15) is 17.1 Å². The van der Waals surface area contributed by atoms with Crippen molar-refractivity contribution in [1.82, 2.24) is 0 Å². The molecule has 1 heterocycles. The van der Waals surface area contributed by atoms with Crippen LogP contribution in [0.25, 0.3) is 11.0 Å². The Bertz CT molecular complexity index is 793. The first-order valence-electron chi connectivity index (χ1n) is 6.24. The summed E-state index contributed by atoms with van der Waals surface area (Å²) in [5.41, 5.74) is 1.15. The van der Waals surface area contributed by atoms with E-state index in [1.54, 1.807) is 24.3 Å². The van der Waals surface area contributed by atoms with Gasteiger partial charge in [-0.2, -0.15) is 0 Å². The highest BCUT2D eigenvalue weighted by molar-refractivity contribution is 9.10. The molecule has 0 saturated heterocycles. The van der Waals surface area contributed by atoms with Crippen molar-refractivity contribution in [2.45, 2.75) is 6.42 Å². The number of carbonyl (C=O) groups is 1. The predicted octanol–water partition coefficient (Wildman–Crippen LogP) is 4.48. The monoisotopic (exact) mass is 348 g/mol. The number of benzene rings is 2. The highest BCUT2D eigenvalue weighted by atomic mass is 79.9. The molecular weight excluding hydrogens is 339 g/mol. The third-order valence-electron chi connectivity index (χ3n) is 3.00. The molecule has 0 bridgehead atoms. The summed E-state index contributed by atoms with van der Waals surface area (Å²) in [4.78, 5) is 11.9. The fourth-order valence-electron chi connectivity index (χ4n) is 2.02. The third-order valence-corrected chi connectivity index (χ3v) is 3.52. The maximum absolute atomic E-state index is 13.3. The van der Waals surface area contributed by atoms with Gasteiger partial charge in [-0.25, -0.2) is 4.39 Å². The molecule has 5 heteroatoms. The van der Waals surface area contributed by atoms with E-state index in [9.17, 15) is 9.18 Å². The van der Waals surface area contributed by atoms with E-state index in [0.717, 1.165) is 4.47 Å². The Morgan fingerprint density at radius 3 is 2.71 bits per heavy atom. The van der Waals surface area contributed by atoms with Crippen LogP contribution in [0.5, 0.6) is 5.75 Å². The Morgan fingerprint density at radius 2 is 1.95 bits per heavy atom. The number of hydrogen-bond acceptors (Lipinski definition) is 3. The van der Waals surface area contributed by atoms with Crippen molar-refractivity contribution in [3.8, 4) is 5.75 Å². The Kier molecular flexibility index (Phi) is 3.75. The van der Waals surface area contributed by atoms with Crippen molar-refractivity contribution < 1.29 is 18.3 Å². The molecule has 3 rings (SSSR count). The van der Waals surface area contributed by atoms with E-state index in [4.69, 9.17) is 9.15 Å². The lowest BCUT2D eigenvalue weighted by Crippen LogP contribution is -2.10. The van der Waals surface area contributed by atoms with E-state index in [-0.39, 0.29) is 12.2 Å². The smallest absolute Gasteiger partial charge is 0.315 e. The topological polar surface area (TPSA) is 39.4 Å². The van der Waals surface area contributed by atoms with E-state index in [2.05, 4.69) is 15.9 Å². The maximum atomic E-state index is 13.3. The van der Waals surface area contributed by atoms with Crippen LogP contribution in [0.1, 0.15) is 5.56 Å². The van der Waals surface area contributed by atoms with Crippen molar-refractivity contribution in [1.29, 1.82) is 0 Å². The van der Waals surface area contributed by atoms with Gasteiger partial charge in [0, 0.05) is 15.4 Å². The number of rotatable bonds is 3. The second kappa shape index (κ2) is 5.69. The van der Waals surface area contributed by atoms with Crippen molar-refractivity contribution >= 4 is 32.9 Å². The molecule has 0 spiro atoms. The molecule has 0 aliphatic rings. The zero-order valence-electron chi connectivity index (χ0n) is 10.8. The molecule has 0 saturated carbocycles. The molecule has 0 fully saturated rings. The summed E-state index contributed by atoms with van der Waals surface area (Å²) >= 11 is 3.31. The highest BCUT2D eigenvalue weighted by Crippen LogP contribution is 2.23. The first-order valence-corrected chi connectivity index (χ1v) is 7.03. The number of ether oxygens (including phenoxy) is 1. The zero-order valence-corrected chi connectivity index (χ0v) is 12.4. The number of carbonyl (C=O) groups excluding carboxylic acids is 1. The van der Waals surface area contributed by atoms with Crippen LogP contribution in [0.2, 0.25) is 0 Å². The minimum atomic E-state index is -0.427. The minimum absolute atomic E-state index is 0.0204. The third kappa shape index (κ3) is 3.13. The molecule has 106 valence electrons. The van der Waals surface area contributed by atoms with Crippen LogP contribution in [0.15, 0.2) is 57.6 Å². The molecule has 1 aromatic heterocycles. The molecule has 0 aliphatic heterocycles. The van der Waals surface area contributed by atoms with E-state index in [1.807, 2.05) is 0 Å². The van der Waals surface area contributed by atoms with Crippen LogP contribution in [0.3, 0.4) is 0 Å². The van der Waals surface area contributed by atoms with Crippen LogP contribution >= 0.6 is 15.9 Å². The van der Waals surface area contributed by atoms with Gasteiger partial charge in [0.25, 0.3) is 0 Å². The largest absolute Gasteiger partial charge is 0.464 e. The number of halogens is 2. The van der Waals surface area contributed by atoms with Gasteiger partial charge >= 0.3 is 5.97 Å². The minimum Gasteiger partial charge on any atom is -0.464 e. The number of furan rings is 1. The van der Waals surface area contributed by atoms with Crippen molar-refractivity contribution in [3.05, 3.63) is 64.6 Å². The standard InChI is InChI=1S/C16H10BrFO3/c17-11-1-4-13(5-2-11)21-16(19)7-10-9-20-15-6-3-12(18)8-14(10)15/h1-6,8-9H,7H2. The van der Waals surface area contributed by atoms with Crippen molar-refractivity contribution in [3.63, 3.8) is 0 Å². The van der Waals surface area contributed by atoms with Crippen LogP contribution in [-0.2, 0) is 11.2 Å². The van der Waals surface area contributed by atoms with Gasteiger partial charge in [0.05, 0.1) is 12.7 Å². The van der Waals surface area contributed by atoms with E-state index in [0.29, 0.717) is 22.3 Å². The number of esters is 1. The summed E-state index contributed by atoms with van der Waals surface area (Å²) in [5, 5.41) is 0.586. The SMILES string of the molecule is O=C(Cc1coc2ccc(F)cc12)Oc1ccc(Br)cc1. The molecule has 0 amide bonds. The fourth-order valence-corrected chi connectivity index (χ4v) is 2.28. The molecule has 2 aromatic carbocycles. The van der Waals surface area contributed by atoms with Gasteiger partial charge < -0.3 is 9.15 Å². The lowest BCUT2D eigenvalue weighted by molar-refractivity contribution is -0.133. The van der Waals surface area contributed by atoms with Gasteiger partial charge in [-0.1, -0.05) is 15.9 Å². The van der Waals surface area contributed by atoms with E-state index < -0.39 is 5.97 Å². The van der Waals surface area contributed by atoms with Crippen LogP contribution in [-0.4, -0.2) is 5.97 Å². The average Bonchev–Trinajstić information content (AvgIpc) is 2.84. The fraction of sp³-hybridized carbons (Fsp3) is 0.0625. The average molecular weight is 349 g/mol. The number of fused-ring (bicyclic) bond motifs is 1. The summed E-state index contributed by atoms with van der Waals surface area (Å²) in [6, 6.07) is 11.1. The van der Waals surface area contributed by atoms with E-state index in [1.165, 1.54) is 24.5 Å². The molecule has 0 atom stereocenters. The van der Waals surface area contributed by atoms with Crippen LogP contribution < -0.4 is 4.74 Å². The summed E-state index contributed by atoms with van der Waals surface area (Å²) in [6.07, 6.45) is 1.47. The maximum Gasteiger partial charge on any atom is 0.315 e. The summed E-state index contributed by atoms with van der Waals surface area (Å²) < 4.78 is 24.7. The van der Waals surface area contributed by atoms with Gasteiger partial charge in [-0.15, -0.1) is 0 Å². The van der Waals surface area contributed by atoms with Gasteiger partial charge in [-0.05, 0) is 42.5 Å². The van der Waals surface area contributed by atoms with Crippen molar-refractivity contribution in [2.24, 2.45) is 0 Å². The molecule has 3 nitrogen and oxygen atoms in total. The first kappa shape index (κ1) is 13.8. The molecule has 0 aliphatic carbocycles. The normalized spacial score (nSPS) is 10.8. The van der Waals surface area contributed by atoms with Crippen molar-refractivity contribution in [2.75, 3.05) is 0 Å². The highest BCUT2D eigenvalue weighted by Gasteiger charge is 2.13. The molecule has 0 radical (unpaired) electrons. The Morgan fingerprint density at radius 1 is 1.19 bits per heavy atom. The molecule has 0 unspecified atom stereocenters. The lowest BCUT2D eigenvalue weighted by atomic mass is 10.1.